The smallest absolute Gasteiger partial charge is 0.124 e. The Morgan fingerprint density at radius 1 is 1.50 bits per heavy atom. The lowest BCUT2D eigenvalue weighted by Gasteiger charge is -2.23. The van der Waals surface area contributed by atoms with Crippen LogP contribution in [0.1, 0.15) is 25.3 Å². The van der Waals surface area contributed by atoms with Gasteiger partial charge in [-0.05, 0) is 43.4 Å². The lowest BCUT2D eigenvalue weighted by atomic mass is 10.0. The molecule has 1 aliphatic carbocycles. The van der Waals surface area contributed by atoms with Crippen LogP contribution in [-0.2, 0) is 11.2 Å². The zero-order valence-corrected chi connectivity index (χ0v) is 11.2. The maximum atomic E-state index is 12.9. The molecular formula is C14H18ClFO2. The van der Waals surface area contributed by atoms with Crippen molar-refractivity contribution < 1.29 is 14.2 Å². The van der Waals surface area contributed by atoms with E-state index in [4.69, 9.17) is 16.3 Å². The average molecular weight is 273 g/mol. The van der Waals surface area contributed by atoms with Crippen molar-refractivity contribution in [2.45, 2.75) is 38.4 Å². The molecule has 0 radical (unpaired) electrons. The SMILES string of the molecule is CCOC(C(O)Cc1ccc(F)cc1Cl)C1CC1. The molecule has 4 heteroatoms. The quantitative estimate of drug-likeness (QED) is 0.862. The molecule has 0 bridgehead atoms. The van der Waals surface area contributed by atoms with Crippen molar-refractivity contribution >= 4 is 11.6 Å². The van der Waals surface area contributed by atoms with Crippen molar-refractivity contribution in [3.8, 4) is 0 Å². The van der Waals surface area contributed by atoms with Crippen LogP contribution >= 0.6 is 11.6 Å². The third-order valence-corrected chi connectivity index (χ3v) is 3.62. The standard InChI is InChI=1S/C14H18ClFO2/c1-2-18-14(9-3-4-9)13(17)7-10-5-6-11(16)8-12(10)15/h5-6,8-9,13-14,17H,2-4,7H2,1H3. The second kappa shape index (κ2) is 6.00. The highest BCUT2D eigenvalue weighted by Gasteiger charge is 2.36. The highest BCUT2D eigenvalue weighted by molar-refractivity contribution is 6.31. The Morgan fingerprint density at radius 2 is 2.22 bits per heavy atom. The zero-order chi connectivity index (χ0) is 13.1. The molecule has 1 saturated carbocycles. The van der Waals surface area contributed by atoms with Gasteiger partial charge in [0.1, 0.15) is 5.82 Å². The number of hydrogen-bond acceptors (Lipinski definition) is 2. The Labute approximate surface area is 112 Å². The summed E-state index contributed by atoms with van der Waals surface area (Å²) in [4.78, 5) is 0. The van der Waals surface area contributed by atoms with Crippen molar-refractivity contribution in [3.63, 3.8) is 0 Å². The van der Waals surface area contributed by atoms with Gasteiger partial charge in [-0.2, -0.15) is 0 Å². The number of aliphatic hydroxyl groups excluding tert-OH is 1. The monoisotopic (exact) mass is 272 g/mol. The number of benzene rings is 1. The maximum absolute atomic E-state index is 12.9. The van der Waals surface area contributed by atoms with E-state index in [0.717, 1.165) is 18.4 Å². The van der Waals surface area contributed by atoms with Crippen LogP contribution in [0.3, 0.4) is 0 Å². The Kier molecular flexibility index (Phi) is 4.60. The summed E-state index contributed by atoms with van der Waals surface area (Å²) in [5.74, 6) is 0.0981. The fourth-order valence-electron chi connectivity index (χ4n) is 2.21. The van der Waals surface area contributed by atoms with Gasteiger partial charge in [0.2, 0.25) is 0 Å². The molecule has 0 spiro atoms. The zero-order valence-electron chi connectivity index (χ0n) is 10.4. The fourth-order valence-corrected chi connectivity index (χ4v) is 2.45. The minimum absolute atomic E-state index is 0.129. The van der Waals surface area contributed by atoms with Crippen LogP contribution in [0.2, 0.25) is 5.02 Å². The second-order valence-corrected chi connectivity index (χ2v) is 5.17. The summed E-state index contributed by atoms with van der Waals surface area (Å²) in [6, 6.07) is 4.26. The molecule has 0 aromatic heterocycles. The molecule has 0 heterocycles. The lowest BCUT2D eigenvalue weighted by Crippen LogP contribution is -2.33. The molecule has 2 unspecified atom stereocenters. The van der Waals surface area contributed by atoms with Gasteiger partial charge in [-0.25, -0.2) is 4.39 Å². The van der Waals surface area contributed by atoms with Gasteiger partial charge in [0.25, 0.3) is 0 Å². The fraction of sp³-hybridized carbons (Fsp3) is 0.571. The largest absolute Gasteiger partial charge is 0.390 e. The van der Waals surface area contributed by atoms with E-state index in [2.05, 4.69) is 0 Å². The van der Waals surface area contributed by atoms with Crippen LogP contribution in [0.5, 0.6) is 0 Å². The van der Waals surface area contributed by atoms with Crippen molar-refractivity contribution in [2.75, 3.05) is 6.61 Å². The molecule has 0 aliphatic heterocycles. The molecule has 2 atom stereocenters. The van der Waals surface area contributed by atoms with Gasteiger partial charge in [-0.1, -0.05) is 17.7 Å². The third kappa shape index (κ3) is 3.44. The molecule has 0 saturated heterocycles. The highest BCUT2D eigenvalue weighted by atomic mass is 35.5. The van der Waals surface area contributed by atoms with Crippen molar-refractivity contribution in [1.82, 2.24) is 0 Å². The predicted octanol–water partition coefficient (Wildman–Crippen LogP) is 3.20. The van der Waals surface area contributed by atoms with Gasteiger partial charge in [0, 0.05) is 18.1 Å². The Balaban J connectivity index is 2.02. The van der Waals surface area contributed by atoms with E-state index in [9.17, 15) is 9.50 Å². The Bertz CT molecular complexity index is 407. The summed E-state index contributed by atoms with van der Waals surface area (Å²) in [6.45, 7) is 2.52. The minimum atomic E-state index is -0.583. The molecule has 1 fully saturated rings. The van der Waals surface area contributed by atoms with Crippen molar-refractivity contribution in [1.29, 1.82) is 0 Å². The second-order valence-electron chi connectivity index (χ2n) is 4.76. The van der Waals surface area contributed by atoms with Crippen LogP contribution in [0.4, 0.5) is 4.39 Å². The summed E-state index contributed by atoms with van der Waals surface area (Å²) >= 11 is 5.96. The van der Waals surface area contributed by atoms with Crippen molar-refractivity contribution in [2.24, 2.45) is 5.92 Å². The third-order valence-electron chi connectivity index (χ3n) is 3.27. The average Bonchev–Trinajstić information content (AvgIpc) is 3.13. The molecule has 2 rings (SSSR count). The first-order valence-electron chi connectivity index (χ1n) is 6.35. The summed E-state index contributed by atoms with van der Waals surface area (Å²) < 4.78 is 18.5. The number of rotatable bonds is 6. The Morgan fingerprint density at radius 3 is 2.78 bits per heavy atom. The maximum Gasteiger partial charge on any atom is 0.124 e. The topological polar surface area (TPSA) is 29.5 Å². The molecular weight excluding hydrogens is 255 g/mol. The van der Waals surface area contributed by atoms with Crippen LogP contribution < -0.4 is 0 Å². The molecule has 18 heavy (non-hydrogen) atoms. The molecule has 1 aromatic rings. The number of aliphatic hydroxyl groups is 1. The molecule has 1 N–H and O–H groups in total. The van der Waals surface area contributed by atoms with Gasteiger partial charge >= 0.3 is 0 Å². The van der Waals surface area contributed by atoms with E-state index in [1.54, 1.807) is 6.07 Å². The number of hydrogen-bond donors (Lipinski definition) is 1. The summed E-state index contributed by atoms with van der Waals surface area (Å²) in [5, 5.41) is 10.6. The minimum Gasteiger partial charge on any atom is -0.390 e. The first-order valence-corrected chi connectivity index (χ1v) is 6.73. The van der Waals surface area contributed by atoms with Crippen LogP contribution in [0.15, 0.2) is 18.2 Å². The molecule has 1 aromatic carbocycles. The van der Waals surface area contributed by atoms with Crippen molar-refractivity contribution in [3.05, 3.63) is 34.6 Å². The lowest BCUT2D eigenvalue weighted by molar-refractivity contribution is -0.0439. The number of ether oxygens (including phenoxy) is 1. The first kappa shape index (κ1) is 13.8. The molecule has 0 amide bonds. The summed E-state index contributed by atoms with van der Waals surface area (Å²) in [5.41, 5.74) is 0.760. The van der Waals surface area contributed by atoms with E-state index in [0.29, 0.717) is 24.0 Å². The van der Waals surface area contributed by atoms with Gasteiger partial charge in [0.05, 0.1) is 12.2 Å². The molecule has 2 nitrogen and oxygen atoms in total. The van der Waals surface area contributed by atoms with Gasteiger partial charge in [-0.15, -0.1) is 0 Å². The van der Waals surface area contributed by atoms with E-state index < -0.39 is 6.10 Å². The van der Waals surface area contributed by atoms with E-state index >= 15 is 0 Å². The normalized spacial score (nSPS) is 18.7. The van der Waals surface area contributed by atoms with E-state index in [1.807, 2.05) is 6.92 Å². The van der Waals surface area contributed by atoms with Gasteiger partial charge < -0.3 is 9.84 Å². The van der Waals surface area contributed by atoms with Crippen LogP contribution in [0.25, 0.3) is 0 Å². The van der Waals surface area contributed by atoms with Crippen LogP contribution in [-0.4, -0.2) is 23.9 Å². The molecule has 1 aliphatic rings. The van der Waals surface area contributed by atoms with Crippen LogP contribution in [0, 0.1) is 11.7 Å². The Hall–Kier alpha value is -0.640. The van der Waals surface area contributed by atoms with Gasteiger partial charge in [0.15, 0.2) is 0 Å². The van der Waals surface area contributed by atoms with Gasteiger partial charge in [-0.3, -0.25) is 0 Å². The summed E-state index contributed by atoms with van der Waals surface area (Å²) in [6.07, 6.45) is 1.91. The highest BCUT2D eigenvalue weighted by Crippen LogP contribution is 2.36. The summed E-state index contributed by atoms with van der Waals surface area (Å²) in [7, 11) is 0. The van der Waals surface area contributed by atoms with E-state index in [1.165, 1.54) is 12.1 Å². The number of halogens is 2. The first-order chi connectivity index (χ1) is 8.61. The predicted molar refractivity (Wildman–Crippen MR) is 69.3 cm³/mol. The molecule has 100 valence electrons. The van der Waals surface area contributed by atoms with E-state index in [-0.39, 0.29) is 11.9 Å².